The van der Waals surface area contributed by atoms with Crippen molar-refractivity contribution in [2.45, 2.75) is 38.8 Å². The number of aliphatic carboxylic acids is 1. The van der Waals surface area contributed by atoms with Crippen LogP contribution in [0.3, 0.4) is 0 Å². The maximum atomic E-state index is 12.4. The van der Waals surface area contributed by atoms with Crippen molar-refractivity contribution in [3.05, 3.63) is 60.7 Å². The SMILES string of the molecule is C=CC[C@H](C)[C@@H](N)C(=O)O.C=CC[C@H](C)[C@H](C(=O)OC)N1C(=O)c2ccccc2C1=O. The maximum Gasteiger partial charge on any atom is 0.329 e. The number of ether oxygens (including phenoxy) is 1. The predicted octanol–water partition coefficient (Wildman–Crippen LogP) is 2.65. The van der Waals surface area contributed by atoms with Crippen molar-refractivity contribution in [1.29, 1.82) is 0 Å². The van der Waals surface area contributed by atoms with E-state index in [0.717, 1.165) is 4.90 Å². The van der Waals surface area contributed by atoms with Gasteiger partial charge in [0.25, 0.3) is 11.8 Å². The lowest BCUT2D eigenvalue weighted by Gasteiger charge is -2.28. The summed E-state index contributed by atoms with van der Waals surface area (Å²) in [5.74, 6) is -2.76. The number of rotatable bonds is 9. The van der Waals surface area contributed by atoms with E-state index in [4.69, 9.17) is 15.6 Å². The number of benzene rings is 1. The van der Waals surface area contributed by atoms with Crippen LogP contribution in [0.2, 0.25) is 0 Å². The Hall–Kier alpha value is -3.26. The molecule has 0 aliphatic carbocycles. The van der Waals surface area contributed by atoms with Gasteiger partial charge in [0.15, 0.2) is 0 Å². The summed E-state index contributed by atoms with van der Waals surface area (Å²) in [5.41, 5.74) is 5.94. The number of carbonyl (C=O) groups is 4. The Balaban J connectivity index is 0.000000407. The third kappa shape index (κ3) is 6.11. The Labute approximate surface area is 182 Å². The van der Waals surface area contributed by atoms with Crippen molar-refractivity contribution in [1.82, 2.24) is 4.90 Å². The highest BCUT2D eigenvalue weighted by molar-refractivity contribution is 6.22. The summed E-state index contributed by atoms with van der Waals surface area (Å²) in [6.45, 7) is 10.7. The summed E-state index contributed by atoms with van der Waals surface area (Å²) < 4.78 is 4.77. The molecule has 168 valence electrons. The lowest BCUT2D eigenvalue weighted by atomic mass is 9.96. The van der Waals surface area contributed by atoms with Gasteiger partial charge < -0.3 is 15.6 Å². The fraction of sp³-hybridized carbons (Fsp3) is 0.391. The van der Waals surface area contributed by atoms with Crippen molar-refractivity contribution in [3.63, 3.8) is 0 Å². The van der Waals surface area contributed by atoms with E-state index in [1.165, 1.54) is 7.11 Å². The van der Waals surface area contributed by atoms with Gasteiger partial charge in [0.2, 0.25) is 0 Å². The third-order valence-corrected chi connectivity index (χ3v) is 5.06. The average Bonchev–Trinajstić information content (AvgIpc) is 2.99. The van der Waals surface area contributed by atoms with Gasteiger partial charge in [0, 0.05) is 0 Å². The summed E-state index contributed by atoms with van der Waals surface area (Å²) in [4.78, 5) is 48.2. The fourth-order valence-electron chi connectivity index (χ4n) is 3.22. The van der Waals surface area contributed by atoms with Crippen molar-refractivity contribution >= 4 is 23.8 Å². The molecule has 0 saturated heterocycles. The molecule has 1 aromatic rings. The van der Waals surface area contributed by atoms with E-state index in [2.05, 4.69) is 13.2 Å². The van der Waals surface area contributed by atoms with Crippen LogP contribution in [0.1, 0.15) is 47.4 Å². The molecule has 1 heterocycles. The van der Waals surface area contributed by atoms with Crippen LogP contribution in [0, 0.1) is 11.8 Å². The highest BCUT2D eigenvalue weighted by atomic mass is 16.5. The van der Waals surface area contributed by atoms with Crippen molar-refractivity contribution < 1.29 is 29.0 Å². The van der Waals surface area contributed by atoms with Crippen LogP contribution in [0.15, 0.2) is 49.6 Å². The molecular weight excluding hydrogens is 400 g/mol. The van der Waals surface area contributed by atoms with Gasteiger partial charge in [0.05, 0.1) is 18.2 Å². The van der Waals surface area contributed by atoms with Crippen LogP contribution in [0.4, 0.5) is 0 Å². The second kappa shape index (κ2) is 11.8. The number of imide groups is 1. The number of methoxy groups -OCH3 is 1. The predicted molar refractivity (Wildman–Crippen MR) is 116 cm³/mol. The normalized spacial score (nSPS) is 16.2. The summed E-state index contributed by atoms with van der Waals surface area (Å²) in [5, 5.41) is 8.42. The Morgan fingerprint density at radius 3 is 1.90 bits per heavy atom. The molecule has 0 radical (unpaired) electrons. The lowest BCUT2D eigenvalue weighted by molar-refractivity contribution is -0.147. The van der Waals surface area contributed by atoms with Crippen LogP contribution in [-0.4, -0.2) is 53.0 Å². The molecule has 2 amide bonds. The molecule has 8 nitrogen and oxygen atoms in total. The molecule has 1 aliphatic rings. The number of carbonyl (C=O) groups excluding carboxylic acids is 3. The molecule has 4 atom stereocenters. The Kier molecular flexibility index (Phi) is 9.82. The number of hydrogen-bond donors (Lipinski definition) is 2. The zero-order valence-corrected chi connectivity index (χ0v) is 18.1. The van der Waals surface area contributed by atoms with Gasteiger partial charge in [-0.1, -0.05) is 38.1 Å². The van der Waals surface area contributed by atoms with Crippen LogP contribution in [0.25, 0.3) is 0 Å². The minimum Gasteiger partial charge on any atom is -0.480 e. The summed E-state index contributed by atoms with van der Waals surface area (Å²) in [6.07, 6.45) is 4.47. The van der Waals surface area contributed by atoms with E-state index in [-0.39, 0.29) is 11.8 Å². The Bertz CT molecular complexity index is 815. The first-order valence-electron chi connectivity index (χ1n) is 9.87. The first kappa shape index (κ1) is 25.8. The number of esters is 1. The summed E-state index contributed by atoms with van der Waals surface area (Å²) in [6, 6.07) is 4.84. The molecule has 8 heteroatoms. The minimum atomic E-state index is -0.950. The topological polar surface area (TPSA) is 127 Å². The van der Waals surface area contributed by atoms with Crippen molar-refractivity contribution in [3.8, 4) is 0 Å². The van der Waals surface area contributed by atoms with Gasteiger partial charge in [-0.15, -0.1) is 13.2 Å². The number of hydrogen-bond acceptors (Lipinski definition) is 6. The second-order valence-electron chi connectivity index (χ2n) is 7.36. The van der Waals surface area contributed by atoms with Crippen molar-refractivity contribution in [2.75, 3.05) is 7.11 Å². The lowest BCUT2D eigenvalue weighted by Crippen LogP contribution is -2.49. The standard InChI is InChI=1S/C16H17NO4.C7H13NO2/c1-4-7-10(2)13(16(20)21-3)17-14(18)11-8-5-6-9-12(11)15(17)19;1-3-4-5(2)6(8)7(9)10/h4-6,8-10,13H,1,7H2,2-3H3;3,5-6H,1,4,8H2,2H3,(H,9,10)/t10-,13+;5-,6+/m00/s1. The highest BCUT2D eigenvalue weighted by Gasteiger charge is 2.45. The first-order valence-corrected chi connectivity index (χ1v) is 9.87. The van der Waals surface area contributed by atoms with Gasteiger partial charge in [-0.3, -0.25) is 19.3 Å². The largest absolute Gasteiger partial charge is 0.480 e. The highest BCUT2D eigenvalue weighted by Crippen LogP contribution is 2.28. The number of amides is 2. The number of carboxylic acids is 1. The molecule has 0 bridgehead atoms. The molecule has 0 fully saturated rings. The molecule has 2 rings (SSSR count). The van der Waals surface area contributed by atoms with Crippen molar-refractivity contribution in [2.24, 2.45) is 17.6 Å². The molecule has 0 saturated carbocycles. The van der Waals surface area contributed by atoms with E-state index in [1.54, 1.807) is 50.3 Å². The molecular formula is C23H30N2O6. The zero-order chi connectivity index (χ0) is 23.7. The first-order chi connectivity index (χ1) is 14.6. The summed E-state index contributed by atoms with van der Waals surface area (Å²) >= 11 is 0. The Morgan fingerprint density at radius 1 is 1.06 bits per heavy atom. The molecule has 3 N–H and O–H groups in total. The zero-order valence-electron chi connectivity index (χ0n) is 18.1. The minimum absolute atomic E-state index is 0.0324. The quantitative estimate of drug-likeness (QED) is 0.350. The number of nitrogens with zero attached hydrogens (tertiary/aromatic N) is 1. The van der Waals surface area contributed by atoms with Gasteiger partial charge in [-0.25, -0.2) is 4.79 Å². The molecule has 0 spiro atoms. The molecule has 0 unspecified atom stereocenters. The number of carboxylic acid groups (broad SMARTS) is 1. The molecule has 31 heavy (non-hydrogen) atoms. The number of allylic oxidation sites excluding steroid dienone is 2. The number of nitrogens with two attached hydrogens (primary N) is 1. The third-order valence-electron chi connectivity index (χ3n) is 5.06. The van der Waals surface area contributed by atoms with Crippen LogP contribution >= 0.6 is 0 Å². The summed E-state index contributed by atoms with van der Waals surface area (Å²) in [7, 11) is 1.24. The molecule has 0 aromatic heterocycles. The van der Waals surface area contributed by atoms with Gasteiger partial charge in [-0.2, -0.15) is 0 Å². The smallest absolute Gasteiger partial charge is 0.329 e. The maximum absolute atomic E-state index is 12.4. The molecule has 1 aliphatic heterocycles. The van der Waals surface area contributed by atoms with E-state index in [1.807, 2.05) is 0 Å². The fourth-order valence-corrected chi connectivity index (χ4v) is 3.22. The second-order valence-corrected chi connectivity index (χ2v) is 7.36. The van der Waals surface area contributed by atoms with Gasteiger partial charge >= 0.3 is 11.9 Å². The van der Waals surface area contributed by atoms with E-state index >= 15 is 0 Å². The monoisotopic (exact) mass is 430 g/mol. The van der Waals surface area contributed by atoms with E-state index in [0.29, 0.717) is 24.0 Å². The van der Waals surface area contributed by atoms with Crippen LogP contribution in [0.5, 0.6) is 0 Å². The molecule has 1 aromatic carbocycles. The Morgan fingerprint density at radius 2 is 1.52 bits per heavy atom. The average molecular weight is 431 g/mol. The number of fused-ring (bicyclic) bond motifs is 1. The van der Waals surface area contributed by atoms with Crippen LogP contribution < -0.4 is 5.73 Å². The van der Waals surface area contributed by atoms with Crippen LogP contribution in [-0.2, 0) is 14.3 Å². The van der Waals surface area contributed by atoms with E-state index < -0.39 is 35.8 Å². The van der Waals surface area contributed by atoms with E-state index in [9.17, 15) is 19.2 Å². The van der Waals surface area contributed by atoms with Gasteiger partial charge in [0.1, 0.15) is 12.1 Å². The van der Waals surface area contributed by atoms with Gasteiger partial charge in [-0.05, 0) is 36.8 Å².